The summed E-state index contributed by atoms with van der Waals surface area (Å²) in [5.41, 5.74) is 1.01. The molecule has 1 aromatic carbocycles. The Balaban J connectivity index is 2.87. The van der Waals surface area contributed by atoms with Crippen LogP contribution in [0.1, 0.15) is 25.3 Å². The van der Waals surface area contributed by atoms with E-state index in [1.807, 2.05) is 37.3 Å². The van der Waals surface area contributed by atoms with Gasteiger partial charge in [-0.3, -0.25) is 9.59 Å². The highest BCUT2D eigenvalue weighted by molar-refractivity contribution is 8.14. The third kappa shape index (κ3) is 3.65. The van der Waals surface area contributed by atoms with Gasteiger partial charge in [0.2, 0.25) is 5.24 Å². The molecule has 1 rings (SSSR count). The molecule has 1 aromatic rings. The molecule has 0 saturated heterocycles. The monoisotopic (exact) mass is 256 g/mol. The zero-order valence-electron chi connectivity index (χ0n) is 9.14. The van der Waals surface area contributed by atoms with Crippen molar-refractivity contribution in [3.05, 3.63) is 35.9 Å². The number of thioether (sulfide) groups is 1. The van der Waals surface area contributed by atoms with Crippen molar-refractivity contribution in [1.29, 1.82) is 0 Å². The summed E-state index contributed by atoms with van der Waals surface area (Å²) in [5, 5.41) is -1.08. The van der Waals surface area contributed by atoms with Gasteiger partial charge < -0.3 is 0 Å². The van der Waals surface area contributed by atoms with Crippen molar-refractivity contribution >= 4 is 33.7 Å². The molecule has 0 aliphatic rings. The minimum absolute atomic E-state index is 0.0694. The first-order valence-electron chi connectivity index (χ1n) is 4.94. The van der Waals surface area contributed by atoms with Crippen LogP contribution < -0.4 is 0 Å². The fourth-order valence-electron chi connectivity index (χ4n) is 1.46. The molecule has 86 valence electrons. The summed E-state index contributed by atoms with van der Waals surface area (Å²) in [6.07, 6.45) is 0. The molecule has 16 heavy (non-hydrogen) atoms. The average molecular weight is 257 g/mol. The molecule has 0 N–H and O–H groups in total. The van der Waals surface area contributed by atoms with Crippen molar-refractivity contribution in [2.75, 3.05) is 0 Å². The molecular formula is C12H13ClO2S. The normalized spacial score (nSPS) is 14.2. The van der Waals surface area contributed by atoms with Gasteiger partial charge in [-0.15, -0.1) is 0 Å². The zero-order valence-corrected chi connectivity index (χ0v) is 10.7. The Morgan fingerprint density at radius 1 is 1.25 bits per heavy atom. The van der Waals surface area contributed by atoms with Crippen LogP contribution >= 0.6 is 23.4 Å². The topological polar surface area (TPSA) is 34.1 Å². The molecule has 0 spiro atoms. The minimum atomic E-state index is -0.512. The fourth-order valence-corrected chi connectivity index (χ4v) is 2.59. The van der Waals surface area contributed by atoms with Gasteiger partial charge in [0.15, 0.2) is 5.12 Å². The van der Waals surface area contributed by atoms with E-state index < -0.39 is 10.5 Å². The molecule has 0 saturated carbocycles. The molecule has 0 aliphatic carbocycles. The summed E-state index contributed by atoms with van der Waals surface area (Å²) in [6, 6.07) is 9.57. The molecule has 2 unspecified atom stereocenters. The van der Waals surface area contributed by atoms with E-state index in [-0.39, 0.29) is 11.0 Å². The lowest BCUT2D eigenvalue weighted by molar-refractivity contribution is -0.112. The van der Waals surface area contributed by atoms with Gasteiger partial charge in [-0.25, -0.2) is 0 Å². The summed E-state index contributed by atoms with van der Waals surface area (Å²) in [5.74, 6) is -0.0694. The first-order chi connectivity index (χ1) is 7.52. The Bertz CT molecular complexity index is 378. The van der Waals surface area contributed by atoms with Gasteiger partial charge in [0, 0.05) is 12.8 Å². The highest BCUT2D eigenvalue weighted by Crippen LogP contribution is 2.30. The number of hydrogen-bond donors (Lipinski definition) is 0. The second-order valence-corrected chi connectivity index (χ2v) is 5.22. The van der Waals surface area contributed by atoms with E-state index in [1.54, 1.807) is 0 Å². The van der Waals surface area contributed by atoms with Crippen molar-refractivity contribution in [2.45, 2.75) is 25.0 Å². The number of hydrogen-bond acceptors (Lipinski definition) is 3. The Morgan fingerprint density at radius 3 is 2.25 bits per heavy atom. The van der Waals surface area contributed by atoms with Crippen LogP contribution in [0.25, 0.3) is 0 Å². The third-order valence-electron chi connectivity index (χ3n) is 2.30. The van der Waals surface area contributed by atoms with Crippen LogP contribution in [0.15, 0.2) is 30.3 Å². The second-order valence-electron chi connectivity index (χ2n) is 3.53. The van der Waals surface area contributed by atoms with Gasteiger partial charge >= 0.3 is 0 Å². The summed E-state index contributed by atoms with van der Waals surface area (Å²) in [7, 11) is 0. The predicted molar refractivity (Wildman–Crippen MR) is 67.8 cm³/mol. The molecular weight excluding hydrogens is 244 g/mol. The minimum Gasteiger partial charge on any atom is -0.288 e. The number of rotatable bonds is 4. The lowest BCUT2D eigenvalue weighted by Gasteiger charge is -2.18. The van der Waals surface area contributed by atoms with E-state index in [0.29, 0.717) is 0 Å². The van der Waals surface area contributed by atoms with Crippen LogP contribution in [0.4, 0.5) is 0 Å². The zero-order chi connectivity index (χ0) is 12.1. The van der Waals surface area contributed by atoms with E-state index in [0.717, 1.165) is 17.3 Å². The molecule has 0 aromatic heterocycles. The first-order valence-corrected chi connectivity index (χ1v) is 6.19. The van der Waals surface area contributed by atoms with Crippen molar-refractivity contribution in [1.82, 2.24) is 0 Å². The third-order valence-corrected chi connectivity index (χ3v) is 3.87. The van der Waals surface area contributed by atoms with E-state index in [1.165, 1.54) is 6.92 Å². The van der Waals surface area contributed by atoms with Crippen LogP contribution in [0.3, 0.4) is 0 Å². The number of halogens is 1. The molecule has 0 radical (unpaired) electrons. The quantitative estimate of drug-likeness (QED) is 0.776. The SMILES string of the molecule is CC(=O)SC(C(=O)Cl)C(C)c1ccccc1. The Morgan fingerprint density at radius 2 is 1.81 bits per heavy atom. The maximum Gasteiger partial charge on any atom is 0.235 e. The van der Waals surface area contributed by atoms with Crippen molar-refractivity contribution in [2.24, 2.45) is 0 Å². The summed E-state index contributed by atoms with van der Waals surface area (Å²) >= 11 is 6.51. The van der Waals surface area contributed by atoms with Gasteiger partial charge in [-0.1, -0.05) is 49.0 Å². The van der Waals surface area contributed by atoms with Crippen molar-refractivity contribution < 1.29 is 9.59 Å². The smallest absolute Gasteiger partial charge is 0.235 e. The number of benzene rings is 1. The molecule has 0 bridgehead atoms. The van der Waals surface area contributed by atoms with Gasteiger partial charge in [0.25, 0.3) is 0 Å². The number of carbonyl (C=O) groups is 2. The predicted octanol–water partition coefficient (Wildman–Crippen LogP) is 3.20. The van der Waals surface area contributed by atoms with Gasteiger partial charge in [-0.05, 0) is 17.2 Å². The number of carbonyl (C=O) groups excluding carboxylic acids is 2. The highest BCUT2D eigenvalue weighted by Gasteiger charge is 2.26. The van der Waals surface area contributed by atoms with Crippen LogP contribution in [-0.4, -0.2) is 15.6 Å². The molecule has 2 atom stereocenters. The second kappa shape index (κ2) is 6.06. The Kier molecular flexibility index (Phi) is 5.03. The van der Waals surface area contributed by atoms with E-state index >= 15 is 0 Å². The maximum atomic E-state index is 11.3. The highest BCUT2D eigenvalue weighted by atomic mass is 35.5. The van der Waals surface area contributed by atoms with Gasteiger partial charge in [0.05, 0.1) is 5.25 Å². The Labute approximate surface area is 104 Å². The molecule has 0 heterocycles. The molecule has 2 nitrogen and oxygen atoms in total. The van der Waals surface area contributed by atoms with Gasteiger partial charge in [0.1, 0.15) is 0 Å². The summed E-state index contributed by atoms with van der Waals surface area (Å²) in [6.45, 7) is 3.34. The van der Waals surface area contributed by atoms with Crippen molar-refractivity contribution in [3.8, 4) is 0 Å². The van der Waals surface area contributed by atoms with Crippen LogP contribution in [0, 0.1) is 0 Å². The fraction of sp³-hybridized carbons (Fsp3) is 0.333. The van der Waals surface area contributed by atoms with Gasteiger partial charge in [-0.2, -0.15) is 0 Å². The lowest BCUT2D eigenvalue weighted by atomic mass is 9.98. The molecule has 0 fully saturated rings. The van der Waals surface area contributed by atoms with E-state index in [2.05, 4.69) is 0 Å². The molecule has 0 amide bonds. The Hall–Kier alpha value is -0.800. The maximum absolute atomic E-state index is 11.3. The van der Waals surface area contributed by atoms with Crippen molar-refractivity contribution in [3.63, 3.8) is 0 Å². The molecule has 4 heteroatoms. The summed E-state index contributed by atoms with van der Waals surface area (Å²) in [4.78, 5) is 22.3. The largest absolute Gasteiger partial charge is 0.288 e. The van der Waals surface area contributed by atoms with E-state index in [9.17, 15) is 9.59 Å². The average Bonchev–Trinajstić information content (AvgIpc) is 2.25. The first kappa shape index (κ1) is 13.3. The van der Waals surface area contributed by atoms with Crippen LogP contribution in [0.2, 0.25) is 0 Å². The lowest BCUT2D eigenvalue weighted by Crippen LogP contribution is -2.20. The van der Waals surface area contributed by atoms with Crippen LogP contribution in [-0.2, 0) is 9.59 Å². The standard InChI is InChI=1S/C12H13ClO2S/c1-8(10-6-4-3-5-7-10)11(12(13)15)16-9(2)14/h3-8,11H,1-2H3. The van der Waals surface area contributed by atoms with Crippen LogP contribution in [0.5, 0.6) is 0 Å². The summed E-state index contributed by atoms with van der Waals surface area (Å²) < 4.78 is 0. The van der Waals surface area contributed by atoms with E-state index in [4.69, 9.17) is 11.6 Å². The molecule has 0 aliphatic heterocycles.